The average molecular weight is 313 g/mol. The monoisotopic (exact) mass is 312 g/mol. The average Bonchev–Trinajstić information content (AvgIpc) is 2.37. The van der Waals surface area contributed by atoms with Crippen molar-refractivity contribution in [3.05, 3.63) is 68.4 Å². The predicted octanol–water partition coefficient (Wildman–Crippen LogP) is 4.30. The van der Waals surface area contributed by atoms with Gasteiger partial charge in [-0.2, -0.15) is 0 Å². The molecule has 2 aromatic rings. The van der Waals surface area contributed by atoms with Crippen LogP contribution in [0.1, 0.15) is 28.3 Å². The molecule has 0 saturated carbocycles. The van der Waals surface area contributed by atoms with Gasteiger partial charge < -0.3 is 0 Å². The van der Waals surface area contributed by atoms with E-state index in [2.05, 4.69) is 5.43 Å². The van der Waals surface area contributed by atoms with Crippen LogP contribution in [0, 0.1) is 19.7 Å². The minimum Gasteiger partial charge on any atom is -0.271 e. The molecule has 2 nitrogen and oxygen atoms in total. The van der Waals surface area contributed by atoms with Crippen LogP contribution in [0.4, 0.5) is 4.39 Å². The summed E-state index contributed by atoms with van der Waals surface area (Å²) in [5.74, 6) is 5.30. The Balaban J connectivity index is 2.61. The van der Waals surface area contributed by atoms with Crippen molar-refractivity contribution in [3.8, 4) is 0 Å². The molecule has 20 heavy (non-hydrogen) atoms. The maximum absolute atomic E-state index is 14.3. The Hall–Kier alpha value is -1.13. The van der Waals surface area contributed by atoms with Gasteiger partial charge in [0.2, 0.25) is 0 Å². The van der Waals surface area contributed by atoms with Gasteiger partial charge in [0.1, 0.15) is 5.82 Å². The molecule has 1 atom stereocenters. The van der Waals surface area contributed by atoms with Gasteiger partial charge in [-0.1, -0.05) is 29.3 Å². The van der Waals surface area contributed by atoms with Gasteiger partial charge in [0, 0.05) is 15.6 Å². The predicted molar refractivity (Wildman–Crippen MR) is 81.5 cm³/mol. The molecule has 2 rings (SSSR count). The Morgan fingerprint density at radius 1 is 1.15 bits per heavy atom. The highest BCUT2D eigenvalue weighted by molar-refractivity contribution is 6.33. The van der Waals surface area contributed by atoms with Crippen LogP contribution in [-0.4, -0.2) is 0 Å². The molecular formula is C15H15Cl2FN2. The van der Waals surface area contributed by atoms with E-state index in [4.69, 9.17) is 29.0 Å². The smallest absolute Gasteiger partial charge is 0.128 e. The lowest BCUT2D eigenvalue weighted by molar-refractivity contribution is 0.556. The summed E-state index contributed by atoms with van der Waals surface area (Å²) < 4.78 is 14.3. The Bertz CT molecular complexity index is 621. The number of hydrogen-bond donors (Lipinski definition) is 2. The topological polar surface area (TPSA) is 38.0 Å². The van der Waals surface area contributed by atoms with Crippen molar-refractivity contribution >= 4 is 23.2 Å². The van der Waals surface area contributed by atoms with Crippen molar-refractivity contribution in [1.82, 2.24) is 5.43 Å². The summed E-state index contributed by atoms with van der Waals surface area (Å²) in [6, 6.07) is 7.87. The van der Waals surface area contributed by atoms with Crippen molar-refractivity contribution in [2.24, 2.45) is 5.84 Å². The zero-order chi connectivity index (χ0) is 14.9. The van der Waals surface area contributed by atoms with Crippen molar-refractivity contribution in [2.75, 3.05) is 0 Å². The Kier molecular flexibility index (Phi) is 4.66. The first-order valence-corrected chi connectivity index (χ1v) is 6.87. The summed E-state index contributed by atoms with van der Waals surface area (Å²) in [6.45, 7) is 3.69. The lowest BCUT2D eigenvalue weighted by Gasteiger charge is -2.21. The summed E-state index contributed by atoms with van der Waals surface area (Å²) >= 11 is 12.2. The number of aryl methyl sites for hydroxylation is 2. The Morgan fingerprint density at radius 2 is 1.85 bits per heavy atom. The van der Waals surface area contributed by atoms with Gasteiger partial charge in [-0.3, -0.25) is 5.84 Å². The van der Waals surface area contributed by atoms with Crippen molar-refractivity contribution < 1.29 is 4.39 Å². The highest BCUT2D eigenvalue weighted by Gasteiger charge is 2.21. The van der Waals surface area contributed by atoms with Crippen LogP contribution < -0.4 is 11.3 Å². The summed E-state index contributed by atoms with van der Waals surface area (Å²) in [4.78, 5) is 0. The molecule has 0 saturated heterocycles. The second-order valence-corrected chi connectivity index (χ2v) is 5.59. The van der Waals surface area contributed by atoms with E-state index in [-0.39, 0.29) is 5.82 Å². The van der Waals surface area contributed by atoms with E-state index >= 15 is 0 Å². The third-order valence-electron chi connectivity index (χ3n) is 3.21. The summed E-state index contributed by atoms with van der Waals surface area (Å²) in [5.41, 5.74) is 5.41. The maximum Gasteiger partial charge on any atom is 0.128 e. The fourth-order valence-electron chi connectivity index (χ4n) is 2.36. The maximum atomic E-state index is 14.3. The molecule has 0 amide bonds. The van der Waals surface area contributed by atoms with E-state index in [0.29, 0.717) is 21.2 Å². The summed E-state index contributed by atoms with van der Waals surface area (Å²) in [5, 5.41) is 1.01. The number of nitrogens with two attached hydrogens (primary N) is 1. The number of nitrogens with one attached hydrogen (secondary N) is 1. The van der Waals surface area contributed by atoms with Gasteiger partial charge in [-0.05, 0) is 54.8 Å². The first-order valence-electron chi connectivity index (χ1n) is 6.11. The van der Waals surface area contributed by atoms with Crippen LogP contribution in [0.5, 0.6) is 0 Å². The van der Waals surface area contributed by atoms with Crippen LogP contribution in [0.15, 0.2) is 30.3 Å². The highest BCUT2D eigenvalue weighted by atomic mass is 35.5. The van der Waals surface area contributed by atoms with Crippen molar-refractivity contribution in [1.29, 1.82) is 0 Å². The van der Waals surface area contributed by atoms with E-state index in [1.54, 1.807) is 18.2 Å². The molecular weight excluding hydrogens is 298 g/mol. The molecule has 5 heteroatoms. The van der Waals surface area contributed by atoms with Gasteiger partial charge in [-0.15, -0.1) is 0 Å². The second kappa shape index (κ2) is 6.10. The van der Waals surface area contributed by atoms with Gasteiger partial charge in [0.15, 0.2) is 0 Å². The molecule has 0 heterocycles. The number of hydrogen-bond acceptors (Lipinski definition) is 2. The first-order chi connectivity index (χ1) is 9.43. The molecule has 0 fully saturated rings. The van der Waals surface area contributed by atoms with E-state index in [0.717, 1.165) is 11.1 Å². The Morgan fingerprint density at radius 3 is 2.45 bits per heavy atom. The molecule has 0 aliphatic heterocycles. The van der Waals surface area contributed by atoms with Crippen LogP contribution >= 0.6 is 23.2 Å². The van der Waals surface area contributed by atoms with Crippen LogP contribution in [-0.2, 0) is 0 Å². The van der Waals surface area contributed by atoms with E-state index in [1.807, 2.05) is 19.9 Å². The SMILES string of the molecule is Cc1cc(C)c(C(NN)c2cc(Cl)ccc2Cl)c(F)c1. The van der Waals surface area contributed by atoms with E-state index < -0.39 is 6.04 Å². The van der Waals surface area contributed by atoms with E-state index in [9.17, 15) is 4.39 Å². The van der Waals surface area contributed by atoms with Gasteiger partial charge >= 0.3 is 0 Å². The minimum atomic E-state index is -0.554. The van der Waals surface area contributed by atoms with Crippen LogP contribution in [0.3, 0.4) is 0 Å². The third kappa shape index (κ3) is 2.96. The van der Waals surface area contributed by atoms with Gasteiger partial charge in [0.05, 0.1) is 6.04 Å². The molecule has 0 spiro atoms. The third-order valence-corrected chi connectivity index (χ3v) is 3.78. The molecule has 3 N–H and O–H groups in total. The largest absolute Gasteiger partial charge is 0.271 e. The Labute approximate surface area is 127 Å². The number of rotatable bonds is 3. The number of hydrazine groups is 1. The van der Waals surface area contributed by atoms with Crippen LogP contribution in [0.25, 0.3) is 0 Å². The zero-order valence-corrected chi connectivity index (χ0v) is 12.7. The molecule has 106 valence electrons. The lowest BCUT2D eigenvalue weighted by atomic mass is 9.93. The van der Waals surface area contributed by atoms with E-state index in [1.165, 1.54) is 6.07 Å². The standard InChI is InChI=1S/C15H15Cl2FN2/c1-8-5-9(2)14(13(18)6-8)15(20-19)11-7-10(16)3-4-12(11)17/h3-7,15,20H,19H2,1-2H3. The molecule has 2 aromatic carbocycles. The molecule has 1 unspecified atom stereocenters. The van der Waals surface area contributed by atoms with Crippen LogP contribution in [0.2, 0.25) is 10.0 Å². The molecule has 0 aliphatic carbocycles. The summed E-state index contributed by atoms with van der Waals surface area (Å²) in [6.07, 6.45) is 0. The molecule has 0 radical (unpaired) electrons. The fourth-order valence-corrected chi connectivity index (χ4v) is 2.76. The van der Waals surface area contributed by atoms with Crippen molar-refractivity contribution in [2.45, 2.75) is 19.9 Å². The molecule has 0 aliphatic rings. The summed E-state index contributed by atoms with van der Waals surface area (Å²) in [7, 11) is 0. The minimum absolute atomic E-state index is 0.318. The lowest BCUT2D eigenvalue weighted by Crippen LogP contribution is -2.30. The van der Waals surface area contributed by atoms with Gasteiger partial charge in [-0.25, -0.2) is 9.82 Å². The zero-order valence-electron chi connectivity index (χ0n) is 11.2. The first kappa shape index (κ1) is 15.3. The molecule has 0 bridgehead atoms. The quantitative estimate of drug-likeness (QED) is 0.655. The second-order valence-electron chi connectivity index (χ2n) is 4.74. The van der Waals surface area contributed by atoms with Crippen molar-refractivity contribution in [3.63, 3.8) is 0 Å². The number of benzene rings is 2. The fraction of sp³-hybridized carbons (Fsp3) is 0.200. The normalized spacial score (nSPS) is 12.5. The molecule has 0 aromatic heterocycles. The van der Waals surface area contributed by atoms with Gasteiger partial charge in [0.25, 0.3) is 0 Å². The number of halogens is 3. The highest BCUT2D eigenvalue weighted by Crippen LogP contribution is 2.33.